The van der Waals surface area contributed by atoms with Crippen LogP contribution in [0.25, 0.3) is 0 Å². The van der Waals surface area contributed by atoms with Crippen molar-refractivity contribution < 1.29 is 33.1 Å². The molecule has 0 radical (unpaired) electrons. The number of aryl methyl sites for hydroxylation is 1. The summed E-state index contributed by atoms with van der Waals surface area (Å²) in [5.41, 5.74) is 2.26. The number of benzene rings is 1. The summed E-state index contributed by atoms with van der Waals surface area (Å²) < 4.78 is 25.2. The van der Waals surface area contributed by atoms with Crippen LogP contribution in [-0.4, -0.2) is 52.4 Å². The van der Waals surface area contributed by atoms with Gasteiger partial charge in [-0.1, -0.05) is 29.6 Å². The second kappa shape index (κ2) is 11.9. The zero-order valence-corrected chi connectivity index (χ0v) is 24.7. The van der Waals surface area contributed by atoms with E-state index in [2.05, 4.69) is 10.1 Å². The lowest BCUT2D eigenvalue weighted by atomic mass is 9.66. The number of hydrogen-bond donors (Lipinski definition) is 0. The normalized spacial score (nSPS) is 25.6. The Bertz CT molecular complexity index is 1380. The van der Waals surface area contributed by atoms with Gasteiger partial charge in [-0.3, -0.25) is 14.5 Å². The van der Waals surface area contributed by atoms with Gasteiger partial charge in [0.2, 0.25) is 11.8 Å². The Labute approximate surface area is 249 Å². The topological polar surface area (TPSA) is 102 Å². The van der Waals surface area contributed by atoms with E-state index >= 15 is 0 Å². The van der Waals surface area contributed by atoms with Gasteiger partial charge in [0, 0.05) is 53.2 Å². The summed E-state index contributed by atoms with van der Waals surface area (Å²) in [7, 11) is 0. The highest BCUT2D eigenvalue weighted by molar-refractivity contribution is 6.31. The largest absolute Gasteiger partial charge is 0.487 e. The van der Waals surface area contributed by atoms with Crippen molar-refractivity contribution >= 4 is 29.4 Å². The number of carbonyl (C=O) groups is 3. The predicted octanol–water partition coefficient (Wildman–Crippen LogP) is 5.46. The highest BCUT2D eigenvalue weighted by Crippen LogP contribution is 2.47. The standard InChI is InChI=1S/C31H37ClFN3O6/c1-31(30(39)41-33)14-5-4-8-21(31)29(38)36-16-13-19-22(32)11-12-26(28(19)24(36)17-35-15-6-10-27(35)37)40-18-23-20-7-2-3-9-25(20)42-34-23/h11-12,21,24H,2-10,13-18H2,1H3/t21?,24?,31-/m0/s1. The maximum Gasteiger partial charge on any atom is 0.355 e. The number of rotatable bonds is 7. The Hall–Kier alpha value is -3.14. The molecule has 1 aromatic heterocycles. The maximum atomic E-state index is 14.4. The third-order valence-electron chi connectivity index (χ3n) is 9.86. The average Bonchev–Trinajstić information content (AvgIpc) is 3.61. The van der Waals surface area contributed by atoms with Crippen LogP contribution in [-0.2, 0) is 45.2 Å². The molecule has 3 heterocycles. The van der Waals surface area contributed by atoms with Crippen molar-refractivity contribution in [3.8, 4) is 5.75 Å². The lowest BCUT2D eigenvalue weighted by molar-refractivity contribution is -0.203. The van der Waals surface area contributed by atoms with E-state index in [0.717, 1.165) is 66.7 Å². The maximum absolute atomic E-state index is 14.4. The average molecular weight is 602 g/mol. The highest BCUT2D eigenvalue weighted by Gasteiger charge is 2.51. The first-order valence-electron chi connectivity index (χ1n) is 15.1. The van der Waals surface area contributed by atoms with Crippen LogP contribution >= 0.6 is 11.6 Å². The van der Waals surface area contributed by atoms with Crippen molar-refractivity contribution in [1.29, 1.82) is 0 Å². The summed E-state index contributed by atoms with van der Waals surface area (Å²) in [6.07, 6.45) is 7.94. The molecule has 2 aliphatic carbocycles. The summed E-state index contributed by atoms with van der Waals surface area (Å²) in [4.78, 5) is 47.0. The first-order valence-corrected chi connectivity index (χ1v) is 15.5. The lowest BCUT2D eigenvalue weighted by Gasteiger charge is -2.45. The van der Waals surface area contributed by atoms with Crippen LogP contribution in [0.2, 0.25) is 5.02 Å². The Morgan fingerprint density at radius 1 is 1.10 bits per heavy atom. The predicted molar refractivity (Wildman–Crippen MR) is 150 cm³/mol. The minimum atomic E-state index is -1.27. The van der Waals surface area contributed by atoms with Gasteiger partial charge in [0.25, 0.3) is 0 Å². The first-order chi connectivity index (χ1) is 20.3. The minimum Gasteiger partial charge on any atom is -0.487 e. The molecule has 3 atom stereocenters. The molecular weight excluding hydrogens is 565 g/mol. The van der Waals surface area contributed by atoms with E-state index in [9.17, 15) is 18.9 Å². The Morgan fingerprint density at radius 3 is 2.71 bits per heavy atom. The number of carbonyl (C=O) groups excluding carboxylic acids is 3. The number of amides is 2. The van der Waals surface area contributed by atoms with Crippen LogP contribution in [0.3, 0.4) is 0 Å². The molecule has 6 rings (SSSR count). The summed E-state index contributed by atoms with van der Waals surface area (Å²) in [5, 5.41) is 4.86. The van der Waals surface area contributed by atoms with Gasteiger partial charge in [0.05, 0.1) is 17.4 Å². The van der Waals surface area contributed by atoms with Crippen LogP contribution in [0.4, 0.5) is 4.53 Å². The van der Waals surface area contributed by atoms with Gasteiger partial charge in [-0.25, -0.2) is 4.79 Å². The Kier molecular flexibility index (Phi) is 8.18. The van der Waals surface area contributed by atoms with E-state index in [1.165, 1.54) is 0 Å². The number of hydrogen-bond acceptors (Lipinski definition) is 7. The van der Waals surface area contributed by atoms with Crippen molar-refractivity contribution in [1.82, 2.24) is 15.0 Å². The first kappa shape index (κ1) is 29.0. The molecule has 2 amide bonds. The number of ether oxygens (including phenoxy) is 1. The lowest BCUT2D eigenvalue weighted by Crippen LogP contribution is -2.52. The molecule has 2 unspecified atom stereocenters. The quantitative estimate of drug-likeness (QED) is 0.415. The van der Waals surface area contributed by atoms with Crippen LogP contribution in [0.5, 0.6) is 5.75 Å². The molecule has 1 saturated carbocycles. The van der Waals surface area contributed by atoms with Gasteiger partial charge in [-0.15, -0.1) is 0 Å². The fourth-order valence-electron chi connectivity index (χ4n) is 7.44. The number of nitrogens with zero attached hydrogens (tertiary/aromatic N) is 3. The summed E-state index contributed by atoms with van der Waals surface area (Å²) in [6.45, 7) is 3.07. The van der Waals surface area contributed by atoms with Crippen molar-refractivity contribution in [2.75, 3.05) is 19.6 Å². The summed E-state index contributed by atoms with van der Waals surface area (Å²) >= 11 is 6.73. The molecule has 226 valence electrons. The molecular formula is C31H37ClFN3O6. The van der Waals surface area contributed by atoms with Crippen LogP contribution in [0.1, 0.15) is 92.5 Å². The molecule has 2 fully saturated rings. The molecule has 9 nitrogen and oxygen atoms in total. The number of fused-ring (bicyclic) bond motifs is 2. The molecule has 0 spiro atoms. The van der Waals surface area contributed by atoms with Crippen molar-refractivity contribution in [3.63, 3.8) is 0 Å². The van der Waals surface area contributed by atoms with E-state index in [-0.39, 0.29) is 25.0 Å². The van der Waals surface area contributed by atoms with Gasteiger partial charge in [0.15, 0.2) is 0 Å². The summed E-state index contributed by atoms with van der Waals surface area (Å²) in [6, 6.07) is 3.07. The van der Waals surface area contributed by atoms with Crippen molar-refractivity contribution in [2.45, 2.75) is 90.2 Å². The van der Waals surface area contributed by atoms with Crippen molar-refractivity contribution in [3.05, 3.63) is 45.3 Å². The van der Waals surface area contributed by atoms with Gasteiger partial charge in [0.1, 0.15) is 23.8 Å². The molecule has 1 saturated heterocycles. The molecule has 42 heavy (non-hydrogen) atoms. The van der Waals surface area contributed by atoms with E-state index in [0.29, 0.717) is 56.0 Å². The van der Waals surface area contributed by atoms with Crippen molar-refractivity contribution in [2.24, 2.45) is 11.3 Å². The molecule has 0 N–H and O–H groups in total. The SMILES string of the molecule is C[C@]1(C(=O)OF)CCCCC1C(=O)N1CCc2c(Cl)ccc(OCc3noc4c3CCCC4)c2C1CN1CCCC1=O. The smallest absolute Gasteiger partial charge is 0.355 e. The summed E-state index contributed by atoms with van der Waals surface area (Å²) in [5.74, 6) is -0.448. The van der Waals surface area contributed by atoms with Gasteiger partial charge in [-0.05, 0) is 69.6 Å². The zero-order valence-electron chi connectivity index (χ0n) is 24.0. The van der Waals surface area contributed by atoms with E-state index in [1.54, 1.807) is 22.8 Å². The van der Waals surface area contributed by atoms with Crippen LogP contribution in [0.15, 0.2) is 16.7 Å². The van der Waals surface area contributed by atoms with Crippen LogP contribution in [0, 0.1) is 11.3 Å². The zero-order chi connectivity index (χ0) is 29.4. The molecule has 2 aliphatic heterocycles. The number of halogens is 2. The number of aromatic nitrogens is 1. The molecule has 1 aromatic carbocycles. The minimum absolute atomic E-state index is 0.0387. The van der Waals surface area contributed by atoms with Crippen LogP contribution < -0.4 is 4.74 Å². The molecule has 11 heteroatoms. The third kappa shape index (κ3) is 5.16. The van der Waals surface area contributed by atoms with E-state index in [1.807, 2.05) is 6.07 Å². The third-order valence-corrected chi connectivity index (χ3v) is 10.2. The highest BCUT2D eigenvalue weighted by atomic mass is 35.5. The van der Waals surface area contributed by atoms with E-state index in [4.69, 9.17) is 20.9 Å². The molecule has 2 aromatic rings. The monoisotopic (exact) mass is 601 g/mol. The molecule has 0 bridgehead atoms. The molecule has 4 aliphatic rings. The Morgan fingerprint density at radius 2 is 1.93 bits per heavy atom. The van der Waals surface area contributed by atoms with E-state index < -0.39 is 23.3 Å². The fourth-order valence-corrected chi connectivity index (χ4v) is 7.70. The fraction of sp³-hybridized carbons (Fsp3) is 0.613. The Balaban J connectivity index is 1.36. The van der Waals surface area contributed by atoms with Gasteiger partial charge < -0.3 is 19.1 Å². The second-order valence-corrected chi connectivity index (χ2v) is 12.7. The second-order valence-electron chi connectivity index (χ2n) is 12.3. The van der Waals surface area contributed by atoms with Gasteiger partial charge in [-0.2, -0.15) is 0 Å². The van der Waals surface area contributed by atoms with Gasteiger partial charge >= 0.3 is 5.97 Å². The number of likely N-dealkylation sites (tertiary alicyclic amines) is 1.